The van der Waals surface area contributed by atoms with E-state index in [0.717, 1.165) is 30.3 Å². The van der Waals surface area contributed by atoms with Crippen molar-refractivity contribution in [1.29, 1.82) is 0 Å². The lowest BCUT2D eigenvalue weighted by molar-refractivity contribution is 0.0746. The van der Waals surface area contributed by atoms with E-state index in [-0.39, 0.29) is 5.91 Å². The van der Waals surface area contributed by atoms with Crippen LogP contribution < -0.4 is 15.0 Å². The highest BCUT2D eigenvalue weighted by Crippen LogP contribution is 2.19. The highest BCUT2D eigenvalue weighted by Gasteiger charge is 2.22. The molecule has 7 nitrogen and oxygen atoms in total. The van der Waals surface area contributed by atoms with E-state index in [2.05, 4.69) is 20.2 Å². The van der Waals surface area contributed by atoms with Gasteiger partial charge in [-0.2, -0.15) is 0 Å². The number of carbonyl (C=O) groups excluding carboxylic acids is 1. The fourth-order valence-electron chi connectivity index (χ4n) is 3.28. The topological polar surface area (TPSA) is 70.6 Å². The Hall–Kier alpha value is -3.61. The number of nitrogens with one attached hydrogen (secondary N) is 1. The van der Waals surface area contributed by atoms with Crippen LogP contribution in [0.5, 0.6) is 5.75 Å². The number of rotatable bonds is 5. The monoisotopic (exact) mass is 389 g/mol. The van der Waals surface area contributed by atoms with Crippen LogP contribution in [0.2, 0.25) is 0 Å². The van der Waals surface area contributed by atoms with Gasteiger partial charge < -0.3 is 19.9 Å². The molecule has 3 aromatic rings. The van der Waals surface area contributed by atoms with Crippen molar-refractivity contribution in [2.45, 2.75) is 0 Å². The number of piperazine rings is 1. The number of benzene rings is 1. The summed E-state index contributed by atoms with van der Waals surface area (Å²) in [5, 5.41) is 3.22. The van der Waals surface area contributed by atoms with Crippen LogP contribution in [0, 0.1) is 0 Å². The van der Waals surface area contributed by atoms with Crippen LogP contribution in [0.1, 0.15) is 10.4 Å². The molecule has 148 valence electrons. The molecule has 1 aliphatic rings. The van der Waals surface area contributed by atoms with Gasteiger partial charge in [-0.3, -0.25) is 4.79 Å². The maximum absolute atomic E-state index is 12.8. The predicted molar refractivity (Wildman–Crippen MR) is 113 cm³/mol. The molecule has 1 amide bonds. The normalized spacial score (nSPS) is 13.8. The standard InChI is InChI=1S/C22H23N5O2/c1-29-19-8-6-18(7-9-19)25-20-10-5-17(16-24-20)22(28)27-14-12-26(13-15-27)21-4-2-3-11-23-21/h2-11,16H,12-15H2,1H3,(H,24,25). The number of carbonyl (C=O) groups is 1. The first-order valence-electron chi connectivity index (χ1n) is 9.55. The summed E-state index contributed by atoms with van der Waals surface area (Å²) in [6.07, 6.45) is 3.42. The van der Waals surface area contributed by atoms with Gasteiger partial charge in [-0.25, -0.2) is 9.97 Å². The van der Waals surface area contributed by atoms with Crippen molar-refractivity contribution < 1.29 is 9.53 Å². The van der Waals surface area contributed by atoms with Crippen LogP contribution in [0.15, 0.2) is 67.0 Å². The maximum atomic E-state index is 12.8. The molecule has 1 aromatic carbocycles. The lowest BCUT2D eigenvalue weighted by atomic mass is 10.2. The van der Waals surface area contributed by atoms with E-state index in [1.54, 1.807) is 19.5 Å². The highest BCUT2D eigenvalue weighted by molar-refractivity contribution is 5.94. The zero-order valence-electron chi connectivity index (χ0n) is 16.3. The molecular weight excluding hydrogens is 366 g/mol. The van der Waals surface area contributed by atoms with Crippen LogP contribution in [-0.4, -0.2) is 54.1 Å². The quantitative estimate of drug-likeness (QED) is 0.723. The van der Waals surface area contributed by atoms with E-state index in [9.17, 15) is 4.79 Å². The number of methoxy groups -OCH3 is 1. The third-order valence-electron chi connectivity index (χ3n) is 4.91. The van der Waals surface area contributed by atoms with Crippen molar-refractivity contribution in [1.82, 2.24) is 14.9 Å². The molecule has 1 N–H and O–H groups in total. The third-order valence-corrected chi connectivity index (χ3v) is 4.91. The van der Waals surface area contributed by atoms with E-state index >= 15 is 0 Å². The number of hydrogen-bond acceptors (Lipinski definition) is 6. The second-order valence-electron chi connectivity index (χ2n) is 6.75. The van der Waals surface area contributed by atoms with Gasteiger partial charge in [0.25, 0.3) is 5.91 Å². The summed E-state index contributed by atoms with van der Waals surface area (Å²) < 4.78 is 5.16. The summed E-state index contributed by atoms with van der Waals surface area (Å²) in [7, 11) is 1.64. The van der Waals surface area contributed by atoms with E-state index in [4.69, 9.17) is 4.74 Å². The molecule has 0 aliphatic carbocycles. The Morgan fingerprint density at radius 2 is 1.76 bits per heavy atom. The molecule has 0 radical (unpaired) electrons. The molecule has 3 heterocycles. The second-order valence-corrected chi connectivity index (χ2v) is 6.75. The third kappa shape index (κ3) is 4.45. The molecule has 0 spiro atoms. The largest absolute Gasteiger partial charge is 0.497 e. The van der Waals surface area contributed by atoms with Crippen LogP contribution >= 0.6 is 0 Å². The fourth-order valence-corrected chi connectivity index (χ4v) is 3.28. The van der Waals surface area contributed by atoms with Gasteiger partial charge in [0.15, 0.2) is 0 Å². The van der Waals surface area contributed by atoms with Crippen LogP contribution in [0.25, 0.3) is 0 Å². The van der Waals surface area contributed by atoms with Crippen molar-refractivity contribution in [3.63, 3.8) is 0 Å². The Labute approximate surface area is 170 Å². The number of pyridine rings is 2. The average molecular weight is 389 g/mol. The van der Waals surface area contributed by atoms with Crippen molar-refractivity contribution in [2.75, 3.05) is 43.5 Å². The van der Waals surface area contributed by atoms with E-state index in [0.29, 0.717) is 24.5 Å². The average Bonchev–Trinajstić information content (AvgIpc) is 2.80. The van der Waals surface area contributed by atoms with Crippen LogP contribution in [0.4, 0.5) is 17.3 Å². The smallest absolute Gasteiger partial charge is 0.255 e. The zero-order valence-corrected chi connectivity index (χ0v) is 16.3. The highest BCUT2D eigenvalue weighted by atomic mass is 16.5. The van der Waals surface area contributed by atoms with Gasteiger partial charge in [0, 0.05) is 44.3 Å². The van der Waals surface area contributed by atoms with Gasteiger partial charge in [0.05, 0.1) is 12.7 Å². The Balaban J connectivity index is 1.34. The van der Waals surface area contributed by atoms with Gasteiger partial charge in [-0.05, 0) is 48.5 Å². The molecule has 0 bridgehead atoms. The van der Waals surface area contributed by atoms with Crippen LogP contribution in [-0.2, 0) is 0 Å². The molecular formula is C22H23N5O2. The van der Waals surface area contributed by atoms with Gasteiger partial charge >= 0.3 is 0 Å². The molecule has 29 heavy (non-hydrogen) atoms. The van der Waals surface area contributed by atoms with Crippen molar-refractivity contribution in [2.24, 2.45) is 0 Å². The molecule has 1 fully saturated rings. The molecule has 2 aromatic heterocycles. The minimum Gasteiger partial charge on any atom is -0.497 e. The van der Waals surface area contributed by atoms with Crippen LogP contribution in [0.3, 0.4) is 0 Å². The number of ether oxygens (including phenoxy) is 1. The predicted octanol–water partition coefficient (Wildman–Crippen LogP) is 3.19. The van der Waals surface area contributed by atoms with E-state index < -0.39 is 0 Å². The van der Waals surface area contributed by atoms with Crippen molar-refractivity contribution in [3.05, 3.63) is 72.6 Å². The summed E-state index contributed by atoms with van der Waals surface area (Å²) in [6, 6.07) is 17.1. The Morgan fingerprint density at radius 1 is 0.966 bits per heavy atom. The minimum atomic E-state index is 0.00849. The Kier molecular flexibility index (Phi) is 5.56. The van der Waals surface area contributed by atoms with Gasteiger partial charge in [-0.1, -0.05) is 6.07 Å². The van der Waals surface area contributed by atoms with E-state index in [1.807, 2.05) is 59.5 Å². The number of nitrogens with zero attached hydrogens (tertiary/aromatic N) is 4. The molecule has 0 atom stereocenters. The number of aromatic nitrogens is 2. The minimum absolute atomic E-state index is 0.00849. The lowest BCUT2D eigenvalue weighted by Crippen LogP contribution is -2.49. The summed E-state index contributed by atoms with van der Waals surface area (Å²) in [5.74, 6) is 2.45. The Morgan fingerprint density at radius 3 is 2.38 bits per heavy atom. The summed E-state index contributed by atoms with van der Waals surface area (Å²) in [5.41, 5.74) is 1.50. The van der Waals surface area contributed by atoms with Crippen molar-refractivity contribution >= 4 is 23.2 Å². The summed E-state index contributed by atoms with van der Waals surface area (Å²) >= 11 is 0. The number of anilines is 3. The molecule has 1 saturated heterocycles. The number of amides is 1. The number of hydrogen-bond donors (Lipinski definition) is 1. The molecule has 0 saturated carbocycles. The zero-order chi connectivity index (χ0) is 20.1. The second kappa shape index (κ2) is 8.60. The molecule has 7 heteroatoms. The van der Waals surface area contributed by atoms with Crippen molar-refractivity contribution in [3.8, 4) is 5.75 Å². The lowest BCUT2D eigenvalue weighted by Gasteiger charge is -2.35. The molecule has 4 rings (SSSR count). The van der Waals surface area contributed by atoms with Gasteiger partial charge in [0.2, 0.25) is 0 Å². The van der Waals surface area contributed by atoms with Gasteiger partial charge in [-0.15, -0.1) is 0 Å². The van der Waals surface area contributed by atoms with Gasteiger partial charge in [0.1, 0.15) is 17.4 Å². The van der Waals surface area contributed by atoms with E-state index in [1.165, 1.54) is 0 Å². The first-order chi connectivity index (χ1) is 14.2. The maximum Gasteiger partial charge on any atom is 0.255 e. The molecule has 0 unspecified atom stereocenters. The first-order valence-corrected chi connectivity index (χ1v) is 9.55. The first kappa shape index (κ1) is 18.7. The molecule has 1 aliphatic heterocycles. The summed E-state index contributed by atoms with van der Waals surface area (Å²) in [4.78, 5) is 25.6. The fraction of sp³-hybridized carbons (Fsp3) is 0.227. The Bertz CT molecular complexity index is 937. The summed E-state index contributed by atoms with van der Waals surface area (Å²) in [6.45, 7) is 2.88. The SMILES string of the molecule is COc1ccc(Nc2ccc(C(=O)N3CCN(c4ccccn4)CC3)cn2)cc1.